The second-order valence-electron chi connectivity index (χ2n) is 5.20. The molecule has 0 aliphatic heterocycles. The molecule has 0 amide bonds. The molecule has 2 nitrogen and oxygen atoms in total. The molecule has 0 aromatic heterocycles. The zero-order valence-corrected chi connectivity index (χ0v) is 12.7. The van der Waals surface area contributed by atoms with Crippen LogP contribution < -0.4 is 4.74 Å². The Hall–Kier alpha value is -1.24. The van der Waals surface area contributed by atoms with E-state index in [-0.39, 0.29) is 0 Å². The Bertz CT molecular complexity index is 407. The van der Waals surface area contributed by atoms with E-state index in [1.807, 2.05) is 24.3 Å². The minimum absolute atomic E-state index is 0.638. The van der Waals surface area contributed by atoms with E-state index in [1.54, 1.807) is 7.11 Å². The number of benzene rings is 1. The molecule has 1 aromatic carbocycles. The van der Waals surface area contributed by atoms with Crippen LogP contribution in [0.2, 0.25) is 19.6 Å². The van der Waals surface area contributed by atoms with Gasteiger partial charge in [0, 0.05) is 6.42 Å². The van der Waals surface area contributed by atoms with Crippen LogP contribution in [0.3, 0.4) is 0 Å². The van der Waals surface area contributed by atoms with Crippen LogP contribution in [0, 0.1) is 11.5 Å². The topological polar surface area (TPSA) is 18.5 Å². The van der Waals surface area contributed by atoms with Crippen LogP contribution in [-0.2, 0) is 11.3 Å². The van der Waals surface area contributed by atoms with Crippen LogP contribution in [0.25, 0.3) is 0 Å². The molecule has 0 radical (unpaired) electrons. The third-order valence-electron chi connectivity index (χ3n) is 2.26. The van der Waals surface area contributed by atoms with Crippen molar-refractivity contribution in [3.05, 3.63) is 29.8 Å². The van der Waals surface area contributed by atoms with Crippen molar-refractivity contribution in [2.24, 2.45) is 0 Å². The van der Waals surface area contributed by atoms with Crippen molar-refractivity contribution < 1.29 is 9.47 Å². The molecule has 0 saturated carbocycles. The molecular weight excluding hydrogens is 240 g/mol. The molecule has 3 heteroatoms. The van der Waals surface area contributed by atoms with Gasteiger partial charge >= 0.3 is 0 Å². The molecular formula is C15H22O2Si. The van der Waals surface area contributed by atoms with Crippen molar-refractivity contribution in [3.63, 3.8) is 0 Å². The van der Waals surface area contributed by atoms with Gasteiger partial charge in [-0.25, -0.2) is 0 Å². The second-order valence-corrected chi connectivity index (χ2v) is 9.95. The van der Waals surface area contributed by atoms with E-state index >= 15 is 0 Å². The van der Waals surface area contributed by atoms with Gasteiger partial charge in [0.15, 0.2) is 0 Å². The van der Waals surface area contributed by atoms with E-state index in [9.17, 15) is 0 Å². The highest BCUT2D eigenvalue weighted by molar-refractivity contribution is 6.83. The van der Waals surface area contributed by atoms with Gasteiger partial charge in [-0.2, -0.15) is 0 Å². The fourth-order valence-corrected chi connectivity index (χ4v) is 2.02. The van der Waals surface area contributed by atoms with Crippen LogP contribution in [-0.4, -0.2) is 21.8 Å². The van der Waals surface area contributed by atoms with Gasteiger partial charge in [0.25, 0.3) is 0 Å². The Labute approximate surface area is 111 Å². The Kier molecular flexibility index (Phi) is 5.97. The Morgan fingerprint density at radius 2 is 1.78 bits per heavy atom. The first-order chi connectivity index (χ1) is 8.51. The van der Waals surface area contributed by atoms with E-state index in [0.717, 1.165) is 17.7 Å². The van der Waals surface area contributed by atoms with Crippen LogP contribution >= 0.6 is 0 Å². The molecule has 1 rings (SSSR count). The van der Waals surface area contributed by atoms with E-state index in [1.165, 1.54) is 0 Å². The molecule has 0 heterocycles. The number of rotatable bonds is 5. The predicted molar refractivity (Wildman–Crippen MR) is 78.4 cm³/mol. The first-order valence-electron chi connectivity index (χ1n) is 6.22. The maximum Gasteiger partial charge on any atom is 0.129 e. The number of hydrogen-bond acceptors (Lipinski definition) is 2. The zero-order valence-electron chi connectivity index (χ0n) is 11.7. The van der Waals surface area contributed by atoms with Crippen molar-refractivity contribution in [2.75, 3.05) is 13.7 Å². The molecule has 18 heavy (non-hydrogen) atoms. The molecule has 1 aromatic rings. The minimum atomic E-state index is -1.22. The minimum Gasteiger partial charge on any atom is -0.497 e. The lowest BCUT2D eigenvalue weighted by molar-refractivity contribution is 0.126. The van der Waals surface area contributed by atoms with Gasteiger partial charge in [-0.1, -0.05) is 31.8 Å². The molecule has 0 spiro atoms. The fourth-order valence-electron chi connectivity index (χ4n) is 1.36. The largest absolute Gasteiger partial charge is 0.497 e. The summed E-state index contributed by atoms with van der Waals surface area (Å²) in [5.41, 5.74) is 4.49. The highest BCUT2D eigenvalue weighted by Gasteiger charge is 2.06. The van der Waals surface area contributed by atoms with Gasteiger partial charge in [-0.15, -0.1) is 11.5 Å². The highest BCUT2D eigenvalue weighted by Crippen LogP contribution is 2.11. The van der Waals surface area contributed by atoms with Gasteiger partial charge in [0.1, 0.15) is 13.8 Å². The summed E-state index contributed by atoms with van der Waals surface area (Å²) < 4.78 is 10.7. The Morgan fingerprint density at radius 3 is 2.33 bits per heavy atom. The third-order valence-corrected chi connectivity index (χ3v) is 3.19. The van der Waals surface area contributed by atoms with Crippen molar-refractivity contribution in [3.8, 4) is 17.2 Å². The van der Waals surface area contributed by atoms with E-state index in [0.29, 0.717) is 13.2 Å². The van der Waals surface area contributed by atoms with Gasteiger partial charge in [-0.05, 0) is 17.7 Å². The lowest BCUT2D eigenvalue weighted by atomic mass is 10.2. The standard InChI is InChI=1S/C15H22O2Si/c1-16-15-9-7-14(8-10-15)13-17-11-5-6-12-18(2,3)4/h7-10H,5,11,13H2,1-4H3. The number of ether oxygens (including phenoxy) is 2. The van der Waals surface area contributed by atoms with Crippen molar-refractivity contribution >= 4 is 8.07 Å². The van der Waals surface area contributed by atoms with Crippen molar-refractivity contribution in [2.45, 2.75) is 32.7 Å². The molecule has 0 aliphatic rings. The van der Waals surface area contributed by atoms with Crippen molar-refractivity contribution in [1.82, 2.24) is 0 Å². The molecule has 0 saturated heterocycles. The van der Waals surface area contributed by atoms with Crippen molar-refractivity contribution in [1.29, 1.82) is 0 Å². The highest BCUT2D eigenvalue weighted by atomic mass is 28.3. The molecule has 0 atom stereocenters. The summed E-state index contributed by atoms with van der Waals surface area (Å²) in [6.07, 6.45) is 0.820. The second kappa shape index (κ2) is 7.25. The molecule has 0 aliphatic carbocycles. The summed E-state index contributed by atoms with van der Waals surface area (Å²) in [6, 6.07) is 7.94. The summed E-state index contributed by atoms with van der Waals surface area (Å²) in [4.78, 5) is 0. The summed E-state index contributed by atoms with van der Waals surface area (Å²) in [7, 11) is 0.447. The predicted octanol–water partition coefficient (Wildman–Crippen LogP) is 3.48. The molecule has 0 unspecified atom stereocenters. The SMILES string of the molecule is COc1ccc(COCCC#C[Si](C)(C)C)cc1. The average molecular weight is 262 g/mol. The Balaban J connectivity index is 2.23. The van der Waals surface area contributed by atoms with Crippen LogP contribution in [0.1, 0.15) is 12.0 Å². The molecule has 0 N–H and O–H groups in total. The molecule has 0 fully saturated rings. The molecule has 0 bridgehead atoms. The summed E-state index contributed by atoms with van der Waals surface area (Å²) in [5.74, 6) is 4.07. The maximum absolute atomic E-state index is 5.58. The third kappa shape index (κ3) is 6.48. The quantitative estimate of drug-likeness (QED) is 0.459. The van der Waals surface area contributed by atoms with Crippen LogP contribution in [0.4, 0.5) is 0 Å². The van der Waals surface area contributed by atoms with E-state index in [4.69, 9.17) is 9.47 Å². The van der Waals surface area contributed by atoms with Gasteiger partial charge in [0.05, 0.1) is 20.3 Å². The lowest BCUT2D eigenvalue weighted by Crippen LogP contribution is -2.16. The van der Waals surface area contributed by atoms with Gasteiger partial charge in [0.2, 0.25) is 0 Å². The summed E-state index contributed by atoms with van der Waals surface area (Å²) >= 11 is 0. The lowest BCUT2D eigenvalue weighted by Gasteiger charge is -2.05. The number of hydrogen-bond donors (Lipinski definition) is 0. The van der Waals surface area contributed by atoms with Gasteiger partial charge in [-0.3, -0.25) is 0 Å². The van der Waals surface area contributed by atoms with E-state index in [2.05, 4.69) is 31.1 Å². The first kappa shape index (κ1) is 14.8. The number of methoxy groups -OCH3 is 1. The Morgan fingerprint density at radius 1 is 1.11 bits per heavy atom. The summed E-state index contributed by atoms with van der Waals surface area (Å²) in [5, 5.41) is 0. The average Bonchev–Trinajstić information content (AvgIpc) is 2.33. The summed E-state index contributed by atoms with van der Waals surface area (Å²) in [6.45, 7) is 8.08. The fraction of sp³-hybridized carbons (Fsp3) is 0.467. The smallest absolute Gasteiger partial charge is 0.129 e. The zero-order chi connectivity index (χ0) is 13.4. The first-order valence-corrected chi connectivity index (χ1v) is 9.72. The van der Waals surface area contributed by atoms with E-state index < -0.39 is 8.07 Å². The molecule has 98 valence electrons. The van der Waals surface area contributed by atoms with Crippen LogP contribution in [0.5, 0.6) is 5.75 Å². The normalized spacial score (nSPS) is 10.7. The maximum atomic E-state index is 5.58. The van der Waals surface area contributed by atoms with Gasteiger partial charge < -0.3 is 9.47 Å². The van der Waals surface area contributed by atoms with Crippen LogP contribution in [0.15, 0.2) is 24.3 Å². The monoisotopic (exact) mass is 262 g/mol.